The Morgan fingerprint density at radius 2 is 0.571 bits per heavy atom. The Bertz CT molecular complexity index is 896. The molecule has 0 radical (unpaired) electrons. The van der Waals surface area contributed by atoms with E-state index in [9.17, 15) is 36.6 Å². The maximum atomic E-state index is 10.9. The first kappa shape index (κ1) is 53.7. The first-order chi connectivity index (χ1) is 22.8. The molecule has 0 rings (SSSR count). The number of unbranched alkanes of at least 4 members (excludes halogenated alkanes) is 26. The van der Waals surface area contributed by atoms with E-state index in [0.29, 0.717) is 12.8 Å². The minimum Gasteiger partial charge on any atom is -0.549 e. The van der Waals surface area contributed by atoms with E-state index in [1.165, 1.54) is 128 Å². The zero-order chi connectivity index (χ0) is 36.5. The average Bonchev–Trinajstić information content (AvgIpc) is 2.99. The first-order valence-electron chi connectivity index (χ1n) is 19.1. The summed E-state index contributed by atoms with van der Waals surface area (Å²) in [4.78, 5) is 21.3. The third kappa shape index (κ3) is 37.9. The van der Waals surface area contributed by atoms with E-state index < -0.39 is 42.7 Å². The Balaban J connectivity index is -0.000000846. The van der Waals surface area contributed by atoms with Gasteiger partial charge in [-0.1, -0.05) is 194 Å². The van der Waals surface area contributed by atoms with E-state index in [0.717, 1.165) is 38.5 Å². The zero-order valence-corrected chi connectivity index (χ0v) is 37.1. The Morgan fingerprint density at radius 3 is 0.714 bits per heavy atom. The molecule has 0 aliphatic heterocycles. The van der Waals surface area contributed by atoms with Crippen molar-refractivity contribution >= 4 is 81.1 Å². The van der Waals surface area contributed by atoms with Gasteiger partial charge >= 0.3 is 48.9 Å². The van der Waals surface area contributed by atoms with Crippen molar-refractivity contribution in [2.75, 3.05) is 0 Å². The van der Waals surface area contributed by atoms with Gasteiger partial charge in [0.2, 0.25) is 0 Å². The number of carbonyl (C=O) groups is 2. The summed E-state index contributed by atoms with van der Waals surface area (Å²) in [6, 6.07) is 0. The van der Waals surface area contributed by atoms with Crippen molar-refractivity contribution in [3.05, 3.63) is 0 Å². The van der Waals surface area contributed by atoms with E-state index in [1.54, 1.807) is 0 Å². The molecule has 0 aliphatic rings. The molecule has 0 aromatic carbocycles. The summed E-state index contributed by atoms with van der Waals surface area (Å²) in [5.41, 5.74) is 0. The number of hydrogen-bond acceptors (Lipinski definition) is 8. The summed E-state index contributed by atoms with van der Waals surface area (Å²) in [5, 5.41) is 17.8. The van der Waals surface area contributed by atoms with Crippen LogP contribution in [0, 0.1) is 0 Å². The summed E-state index contributed by atoms with van der Waals surface area (Å²) in [7, 11) is -9.09. The van der Waals surface area contributed by atoms with Crippen molar-refractivity contribution in [1.29, 1.82) is 0 Å². The SMILES string of the molecule is CCCCCCCCCCCCCCCCC(C(=O)[O-])S(=O)(=O)O.CCCCCCCCCCCCCCCCC(C(=O)[O-])S(=O)(=O)O.[Ba+2]. The number of carboxylic acid groups (broad SMARTS) is 2. The van der Waals surface area contributed by atoms with E-state index in [2.05, 4.69) is 13.8 Å². The van der Waals surface area contributed by atoms with Gasteiger partial charge in [0.15, 0.2) is 0 Å². The van der Waals surface area contributed by atoms with E-state index in [-0.39, 0.29) is 61.7 Å². The first-order valence-corrected chi connectivity index (χ1v) is 22.1. The number of aliphatic carboxylic acids is 2. The molecule has 0 fully saturated rings. The fourth-order valence-corrected chi connectivity index (χ4v) is 7.24. The molecule has 0 bridgehead atoms. The molecule has 2 unspecified atom stereocenters. The minimum atomic E-state index is -4.54. The molecule has 0 aromatic heterocycles. The smallest absolute Gasteiger partial charge is 0.549 e. The van der Waals surface area contributed by atoms with Crippen molar-refractivity contribution in [1.82, 2.24) is 0 Å². The molecule has 10 nitrogen and oxygen atoms in total. The molecule has 0 saturated carbocycles. The molecule has 2 atom stereocenters. The fraction of sp³-hybridized carbons (Fsp3) is 0.944. The maximum absolute atomic E-state index is 10.9. The van der Waals surface area contributed by atoms with Crippen LogP contribution in [0.25, 0.3) is 0 Å². The van der Waals surface area contributed by atoms with Gasteiger partial charge in [0.25, 0.3) is 20.2 Å². The third-order valence-electron chi connectivity index (χ3n) is 8.88. The van der Waals surface area contributed by atoms with Gasteiger partial charge in [-0.2, -0.15) is 16.8 Å². The summed E-state index contributed by atoms with van der Waals surface area (Å²) in [6.45, 7) is 4.46. The standard InChI is InChI=1S/2C18H36O5S.Ba/c2*1-2-3-4-5-6-7-8-9-10-11-12-13-14-15-16-17(18(19)20)24(21,22)23;/h2*17H,2-16H2,1H3,(H,19,20)(H,21,22,23);/q;;+2/p-2. The van der Waals surface area contributed by atoms with Crippen LogP contribution < -0.4 is 10.2 Å². The van der Waals surface area contributed by atoms with Gasteiger partial charge in [-0.05, 0) is 12.8 Å². The molecular formula is C36H70BaO10S2. The fourth-order valence-electron chi connectivity index (χ4n) is 5.83. The molecule has 49 heavy (non-hydrogen) atoms. The van der Waals surface area contributed by atoms with Crippen LogP contribution in [0.15, 0.2) is 0 Å². The molecule has 0 saturated heterocycles. The number of carbonyl (C=O) groups excluding carboxylic acids is 2. The molecule has 0 aliphatic carbocycles. The third-order valence-corrected chi connectivity index (χ3v) is 11.2. The Kier molecular flexibility index (Phi) is 40.2. The normalized spacial score (nSPS) is 12.8. The van der Waals surface area contributed by atoms with Crippen LogP contribution in [-0.4, -0.2) is 97.3 Å². The predicted octanol–water partition coefficient (Wildman–Crippen LogP) is 7.35. The Labute approximate surface area is 340 Å². The maximum Gasteiger partial charge on any atom is 2.00 e. The summed E-state index contributed by atoms with van der Waals surface area (Å²) in [5.74, 6) is -3.43. The van der Waals surface area contributed by atoms with Gasteiger partial charge in [0, 0.05) is 0 Å². The Hall–Kier alpha value is 0.331. The number of hydrogen-bond donors (Lipinski definition) is 2. The molecule has 13 heteroatoms. The van der Waals surface area contributed by atoms with Crippen LogP contribution in [0.2, 0.25) is 0 Å². The van der Waals surface area contributed by atoms with Crippen molar-refractivity contribution < 1.29 is 45.7 Å². The minimum absolute atomic E-state index is 0. The van der Waals surface area contributed by atoms with Crippen LogP contribution in [0.4, 0.5) is 0 Å². The second kappa shape index (κ2) is 36.7. The predicted molar refractivity (Wildman–Crippen MR) is 196 cm³/mol. The van der Waals surface area contributed by atoms with Gasteiger partial charge in [-0.15, -0.1) is 0 Å². The molecule has 0 heterocycles. The van der Waals surface area contributed by atoms with Crippen LogP contribution in [0.1, 0.15) is 206 Å². The van der Waals surface area contributed by atoms with Crippen LogP contribution in [-0.2, 0) is 29.8 Å². The molecule has 0 amide bonds. The van der Waals surface area contributed by atoms with Crippen LogP contribution >= 0.6 is 0 Å². The monoisotopic (exact) mass is 864 g/mol. The molecule has 0 aromatic rings. The van der Waals surface area contributed by atoms with Crippen LogP contribution in [0.3, 0.4) is 0 Å². The molecule has 2 N–H and O–H groups in total. The molecular weight excluding hydrogens is 794 g/mol. The van der Waals surface area contributed by atoms with Crippen molar-refractivity contribution in [3.63, 3.8) is 0 Å². The van der Waals surface area contributed by atoms with Gasteiger partial charge in [0.05, 0.1) is 11.9 Å². The van der Waals surface area contributed by atoms with Gasteiger partial charge < -0.3 is 19.8 Å². The van der Waals surface area contributed by atoms with E-state index in [4.69, 9.17) is 9.11 Å². The summed E-state index contributed by atoms with van der Waals surface area (Å²) < 4.78 is 61.1. The van der Waals surface area contributed by atoms with E-state index >= 15 is 0 Å². The van der Waals surface area contributed by atoms with Crippen molar-refractivity contribution in [2.45, 2.75) is 217 Å². The largest absolute Gasteiger partial charge is 2.00 e. The van der Waals surface area contributed by atoms with Crippen molar-refractivity contribution in [2.24, 2.45) is 0 Å². The van der Waals surface area contributed by atoms with E-state index in [1.807, 2.05) is 0 Å². The number of rotatable bonds is 34. The van der Waals surface area contributed by atoms with Crippen LogP contribution in [0.5, 0.6) is 0 Å². The second-order valence-corrected chi connectivity index (χ2v) is 16.6. The van der Waals surface area contributed by atoms with Gasteiger partial charge in [-0.3, -0.25) is 9.11 Å². The summed E-state index contributed by atoms with van der Waals surface area (Å²) in [6.07, 6.45) is 32.7. The number of carboxylic acids is 2. The topological polar surface area (TPSA) is 189 Å². The van der Waals surface area contributed by atoms with Crippen molar-refractivity contribution in [3.8, 4) is 0 Å². The molecule has 288 valence electrons. The van der Waals surface area contributed by atoms with Gasteiger partial charge in [0.1, 0.15) is 10.5 Å². The average molecular weight is 864 g/mol. The van der Waals surface area contributed by atoms with Gasteiger partial charge in [-0.25, -0.2) is 0 Å². The quantitative estimate of drug-likeness (QED) is 0.0376. The Morgan fingerprint density at radius 1 is 0.408 bits per heavy atom. The summed E-state index contributed by atoms with van der Waals surface area (Å²) >= 11 is 0. The molecule has 0 spiro atoms. The zero-order valence-electron chi connectivity index (χ0n) is 31.1. The second-order valence-electron chi connectivity index (χ2n) is 13.4.